The Labute approximate surface area is 154 Å². The average molecular weight is 363 g/mol. The molecule has 5 N–H and O–H groups in total. The fraction of sp³-hybridized carbons (Fsp3) is 0.526. The lowest BCUT2D eigenvalue weighted by Crippen LogP contribution is -2.41. The Kier molecular flexibility index (Phi) is 9.82. The maximum Gasteiger partial charge on any atom is 0.217 e. The molecule has 2 atom stereocenters. The number of carbonyl (C=O) groups is 3. The van der Waals surface area contributed by atoms with E-state index in [-0.39, 0.29) is 24.5 Å². The number of primary amides is 2. The summed E-state index contributed by atoms with van der Waals surface area (Å²) in [6.07, 6.45) is 4.96. The molecular formula is C19H29N3O4. The highest BCUT2D eigenvalue weighted by Crippen LogP contribution is 2.19. The van der Waals surface area contributed by atoms with E-state index in [2.05, 4.69) is 5.32 Å². The smallest absolute Gasteiger partial charge is 0.217 e. The SMILES string of the molecule is C[C@@H](Oc1cccc(CCCCCC(N)=O)c1)[C@H](CCC(N)=O)NC=O. The molecule has 0 heterocycles. The summed E-state index contributed by atoms with van der Waals surface area (Å²) in [4.78, 5) is 32.4. The first-order valence-corrected chi connectivity index (χ1v) is 8.94. The van der Waals surface area contributed by atoms with Crippen LogP contribution in [-0.2, 0) is 20.8 Å². The lowest BCUT2D eigenvalue weighted by molar-refractivity contribution is -0.119. The summed E-state index contributed by atoms with van der Waals surface area (Å²) in [6, 6.07) is 7.49. The van der Waals surface area contributed by atoms with Gasteiger partial charge in [-0.15, -0.1) is 0 Å². The first-order valence-electron chi connectivity index (χ1n) is 8.94. The number of rotatable bonds is 14. The average Bonchev–Trinajstić information content (AvgIpc) is 2.58. The Balaban J connectivity index is 2.53. The minimum Gasteiger partial charge on any atom is -0.489 e. The number of benzene rings is 1. The van der Waals surface area contributed by atoms with Gasteiger partial charge >= 0.3 is 0 Å². The fourth-order valence-electron chi connectivity index (χ4n) is 2.71. The highest BCUT2D eigenvalue weighted by Gasteiger charge is 2.19. The third-order valence-corrected chi connectivity index (χ3v) is 4.16. The van der Waals surface area contributed by atoms with Crippen molar-refractivity contribution in [1.82, 2.24) is 5.32 Å². The summed E-state index contributed by atoms with van der Waals surface area (Å²) >= 11 is 0. The molecular weight excluding hydrogens is 334 g/mol. The zero-order valence-corrected chi connectivity index (χ0v) is 15.3. The highest BCUT2D eigenvalue weighted by molar-refractivity contribution is 5.74. The molecule has 7 heteroatoms. The van der Waals surface area contributed by atoms with Crippen molar-refractivity contribution >= 4 is 18.2 Å². The van der Waals surface area contributed by atoms with Gasteiger partial charge in [-0.05, 0) is 50.3 Å². The Morgan fingerprint density at radius 2 is 1.88 bits per heavy atom. The minimum absolute atomic E-state index is 0.185. The Hall–Kier alpha value is -2.57. The summed E-state index contributed by atoms with van der Waals surface area (Å²) in [7, 11) is 0. The van der Waals surface area contributed by atoms with E-state index in [1.54, 1.807) is 0 Å². The molecule has 0 radical (unpaired) electrons. The first-order chi connectivity index (χ1) is 12.4. The van der Waals surface area contributed by atoms with Crippen LogP contribution in [0.15, 0.2) is 24.3 Å². The standard InChI is InChI=1S/C19H29N3O4/c1-14(17(22-13-23)10-11-19(21)25)26-16-8-5-7-15(12-16)6-3-2-4-9-18(20)24/h5,7-8,12-14,17H,2-4,6,9-11H2,1H3,(H2,20,24)(H2,21,25)(H,22,23)/t14-,17+/m1/s1. The second kappa shape index (κ2) is 11.9. The number of hydrogen-bond acceptors (Lipinski definition) is 4. The van der Waals surface area contributed by atoms with Gasteiger partial charge in [0.1, 0.15) is 11.9 Å². The van der Waals surface area contributed by atoms with Crippen molar-refractivity contribution in [2.75, 3.05) is 0 Å². The topological polar surface area (TPSA) is 125 Å². The van der Waals surface area contributed by atoms with E-state index in [9.17, 15) is 14.4 Å². The van der Waals surface area contributed by atoms with Gasteiger partial charge in [0.05, 0.1) is 6.04 Å². The van der Waals surface area contributed by atoms with Gasteiger partial charge in [-0.1, -0.05) is 18.6 Å². The number of aryl methyl sites for hydroxylation is 1. The van der Waals surface area contributed by atoms with Crippen LogP contribution >= 0.6 is 0 Å². The molecule has 3 amide bonds. The number of carbonyl (C=O) groups excluding carboxylic acids is 3. The minimum atomic E-state index is -0.409. The molecule has 0 saturated carbocycles. The van der Waals surface area contributed by atoms with Crippen LogP contribution in [0.3, 0.4) is 0 Å². The van der Waals surface area contributed by atoms with Crippen LogP contribution in [-0.4, -0.2) is 30.4 Å². The molecule has 7 nitrogen and oxygen atoms in total. The monoisotopic (exact) mass is 363 g/mol. The van der Waals surface area contributed by atoms with Gasteiger partial charge in [0.2, 0.25) is 18.2 Å². The summed E-state index contributed by atoms with van der Waals surface area (Å²) in [5.41, 5.74) is 11.4. The molecule has 0 aliphatic rings. The highest BCUT2D eigenvalue weighted by atomic mass is 16.5. The van der Waals surface area contributed by atoms with Gasteiger partial charge in [-0.25, -0.2) is 0 Å². The third kappa shape index (κ3) is 9.05. The quantitative estimate of drug-likeness (QED) is 0.341. The van der Waals surface area contributed by atoms with Crippen molar-refractivity contribution in [2.24, 2.45) is 11.5 Å². The molecule has 0 fully saturated rings. The number of amides is 3. The van der Waals surface area contributed by atoms with Crippen molar-refractivity contribution < 1.29 is 19.1 Å². The molecule has 0 spiro atoms. The number of ether oxygens (including phenoxy) is 1. The van der Waals surface area contributed by atoms with Gasteiger partial charge in [-0.2, -0.15) is 0 Å². The summed E-state index contributed by atoms with van der Waals surface area (Å²) in [5, 5.41) is 2.68. The molecule has 0 saturated heterocycles. The molecule has 0 aromatic heterocycles. The number of nitrogens with one attached hydrogen (secondary N) is 1. The largest absolute Gasteiger partial charge is 0.489 e. The second-order valence-corrected chi connectivity index (χ2v) is 6.39. The van der Waals surface area contributed by atoms with Crippen LogP contribution in [0, 0.1) is 0 Å². The van der Waals surface area contributed by atoms with Crippen molar-refractivity contribution in [2.45, 2.75) is 64.0 Å². The van der Waals surface area contributed by atoms with Gasteiger partial charge < -0.3 is 21.5 Å². The first kappa shape index (κ1) is 21.5. The van der Waals surface area contributed by atoms with E-state index >= 15 is 0 Å². The molecule has 0 unspecified atom stereocenters. The van der Waals surface area contributed by atoms with Crippen LogP contribution in [0.2, 0.25) is 0 Å². The van der Waals surface area contributed by atoms with Crippen molar-refractivity contribution in [3.8, 4) is 5.75 Å². The molecule has 144 valence electrons. The van der Waals surface area contributed by atoms with Crippen LogP contribution in [0.4, 0.5) is 0 Å². The van der Waals surface area contributed by atoms with Crippen LogP contribution in [0.25, 0.3) is 0 Å². The molecule has 1 aromatic carbocycles. The number of nitrogens with two attached hydrogens (primary N) is 2. The van der Waals surface area contributed by atoms with E-state index in [0.717, 1.165) is 31.2 Å². The predicted octanol–water partition coefficient (Wildman–Crippen LogP) is 1.42. The zero-order chi connectivity index (χ0) is 19.4. The molecule has 0 bridgehead atoms. The second-order valence-electron chi connectivity index (χ2n) is 6.39. The Morgan fingerprint density at radius 3 is 2.54 bits per heavy atom. The molecule has 0 aliphatic carbocycles. The van der Waals surface area contributed by atoms with Gasteiger partial charge in [0, 0.05) is 12.8 Å². The molecule has 1 aromatic rings. The van der Waals surface area contributed by atoms with Crippen molar-refractivity contribution in [3.05, 3.63) is 29.8 Å². The number of hydrogen-bond donors (Lipinski definition) is 3. The molecule has 0 aliphatic heterocycles. The Morgan fingerprint density at radius 1 is 1.15 bits per heavy atom. The van der Waals surface area contributed by atoms with E-state index in [1.165, 1.54) is 0 Å². The summed E-state index contributed by atoms with van der Waals surface area (Å²) in [6.45, 7) is 1.85. The fourth-order valence-corrected chi connectivity index (χ4v) is 2.71. The van der Waals surface area contributed by atoms with Gasteiger partial charge in [0.15, 0.2) is 0 Å². The lowest BCUT2D eigenvalue weighted by atomic mass is 10.0. The van der Waals surface area contributed by atoms with E-state index in [0.29, 0.717) is 25.0 Å². The molecule has 26 heavy (non-hydrogen) atoms. The van der Waals surface area contributed by atoms with Crippen molar-refractivity contribution in [3.63, 3.8) is 0 Å². The zero-order valence-electron chi connectivity index (χ0n) is 15.3. The maximum atomic E-state index is 11.0. The normalized spacial score (nSPS) is 12.8. The van der Waals surface area contributed by atoms with Crippen LogP contribution in [0.1, 0.15) is 51.0 Å². The van der Waals surface area contributed by atoms with E-state index in [4.69, 9.17) is 16.2 Å². The van der Waals surface area contributed by atoms with Crippen LogP contribution in [0.5, 0.6) is 5.75 Å². The summed E-state index contributed by atoms with van der Waals surface area (Å²) < 4.78 is 5.93. The van der Waals surface area contributed by atoms with Crippen molar-refractivity contribution in [1.29, 1.82) is 0 Å². The summed E-state index contributed by atoms with van der Waals surface area (Å²) in [5.74, 6) is 0.0429. The van der Waals surface area contributed by atoms with E-state index in [1.807, 2.05) is 31.2 Å². The third-order valence-electron chi connectivity index (χ3n) is 4.16. The maximum absolute atomic E-state index is 11.0. The van der Waals surface area contributed by atoms with Crippen LogP contribution < -0.4 is 21.5 Å². The molecule has 1 rings (SSSR count). The predicted molar refractivity (Wildman–Crippen MR) is 99.3 cm³/mol. The van der Waals surface area contributed by atoms with E-state index < -0.39 is 5.91 Å². The lowest BCUT2D eigenvalue weighted by Gasteiger charge is -2.24. The Bertz CT molecular complexity index is 592. The van der Waals surface area contributed by atoms with Gasteiger partial charge in [-0.3, -0.25) is 14.4 Å². The number of unbranched alkanes of at least 4 members (excludes halogenated alkanes) is 2. The van der Waals surface area contributed by atoms with Gasteiger partial charge in [0.25, 0.3) is 0 Å².